The molecule has 5 heteroatoms. The van der Waals surface area contributed by atoms with Crippen LogP contribution in [0.25, 0.3) is 0 Å². The van der Waals surface area contributed by atoms with E-state index in [1.165, 1.54) is 0 Å². The predicted octanol–water partition coefficient (Wildman–Crippen LogP) is 1.09. The Morgan fingerprint density at radius 1 is 1.30 bits per heavy atom. The maximum absolute atomic E-state index is 12.5. The number of hydrogen-bond donors (Lipinski definition) is 1. The Hall–Kier alpha value is -1.10. The van der Waals surface area contributed by atoms with E-state index in [9.17, 15) is 9.59 Å². The van der Waals surface area contributed by atoms with Crippen LogP contribution in [0, 0.1) is 5.92 Å². The van der Waals surface area contributed by atoms with Crippen molar-refractivity contribution >= 4 is 11.8 Å². The Labute approximate surface area is 122 Å². The molecule has 0 aromatic rings. The van der Waals surface area contributed by atoms with Crippen molar-refractivity contribution < 1.29 is 9.59 Å². The molecule has 1 N–H and O–H groups in total. The van der Waals surface area contributed by atoms with Gasteiger partial charge in [-0.2, -0.15) is 0 Å². The van der Waals surface area contributed by atoms with E-state index in [1.54, 1.807) is 0 Å². The zero-order chi connectivity index (χ0) is 15.1. The fraction of sp³-hybridized carbons (Fsp3) is 0.867. The lowest BCUT2D eigenvalue weighted by molar-refractivity contribution is -0.134. The van der Waals surface area contributed by atoms with Gasteiger partial charge >= 0.3 is 0 Å². The summed E-state index contributed by atoms with van der Waals surface area (Å²) in [5.74, 6) is 0.493. The number of nitrogens with zero attached hydrogens (tertiary/aromatic N) is 2. The van der Waals surface area contributed by atoms with Gasteiger partial charge in [-0.1, -0.05) is 13.8 Å². The van der Waals surface area contributed by atoms with Gasteiger partial charge in [-0.3, -0.25) is 9.59 Å². The zero-order valence-corrected chi connectivity index (χ0v) is 13.3. The summed E-state index contributed by atoms with van der Waals surface area (Å²) < 4.78 is 0. The normalized spacial score (nSPS) is 20.5. The largest absolute Gasteiger partial charge is 0.344 e. The maximum atomic E-state index is 12.5. The van der Waals surface area contributed by atoms with Crippen molar-refractivity contribution in [3.63, 3.8) is 0 Å². The third kappa shape index (κ3) is 5.90. The molecular formula is C15H29N3O2. The molecule has 1 aliphatic rings. The summed E-state index contributed by atoms with van der Waals surface area (Å²) in [6, 6.07) is -0.334. The monoisotopic (exact) mass is 283 g/mol. The second kappa shape index (κ2) is 8.25. The Kier molecular flexibility index (Phi) is 6.99. The standard InChI is InChI=1S/C15H29N3O2/c1-12(2)11-13-15(20)18(10-7-14(19)16-13)9-6-5-8-17(3)4/h12-13H,5-11H2,1-4H3,(H,16,19). The van der Waals surface area contributed by atoms with Crippen molar-refractivity contribution in [2.24, 2.45) is 5.92 Å². The molecule has 0 saturated carbocycles. The molecule has 0 aromatic heterocycles. The number of amides is 2. The Balaban J connectivity index is 2.51. The highest BCUT2D eigenvalue weighted by molar-refractivity contribution is 5.89. The Morgan fingerprint density at radius 2 is 2.00 bits per heavy atom. The van der Waals surface area contributed by atoms with Crippen LogP contribution in [-0.2, 0) is 9.59 Å². The number of nitrogens with one attached hydrogen (secondary N) is 1. The molecular weight excluding hydrogens is 254 g/mol. The minimum Gasteiger partial charge on any atom is -0.344 e. The molecule has 1 aliphatic heterocycles. The first-order valence-electron chi connectivity index (χ1n) is 7.63. The average molecular weight is 283 g/mol. The van der Waals surface area contributed by atoms with Crippen LogP contribution in [-0.4, -0.2) is 61.4 Å². The molecule has 1 rings (SSSR count). The summed E-state index contributed by atoms with van der Waals surface area (Å²) in [6.07, 6.45) is 3.21. The van der Waals surface area contributed by atoms with Crippen LogP contribution in [0.4, 0.5) is 0 Å². The van der Waals surface area contributed by atoms with Crippen molar-refractivity contribution in [2.75, 3.05) is 33.7 Å². The van der Waals surface area contributed by atoms with Gasteiger partial charge in [0.05, 0.1) is 0 Å². The van der Waals surface area contributed by atoms with Gasteiger partial charge < -0.3 is 15.1 Å². The Morgan fingerprint density at radius 3 is 2.60 bits per heavy atom. The molecule has 0 spiro atoms. The molecule has 1 fully saturated rings. The minimum absolute atomic E-state index is 0.000193. The summed E-state index contributed by atoms with van der Waals surface area (Å²) in [7, 11) is 4.11. The van der Waals surface area contributed by atoms with Gasteiger partial charge in [0.25, 0.3) is 0 Å². The quantitative estimate of drug-likeness (QED) is 0.712. The second-order valence-corrected chi connectivity index (χ2v) is 6.34. The van der Waals surface area contributed by atoms with Gasteiger partial charge in [0.1, 0.15) is 6.04 Å². The van der Waals surface area contributed by atoms with Gasteiger partial charge in [-0.05, 0) is 45.8 Å². The topological polar surface area (TPSA) is 52.7 Å². The van der Waals surface area contributed by atoms with E-state index >= 15 is 0 Å². The lowest BCUT2D eigenvalue weighted by Gasteiger charge is -2.25. The van der Waals surface area contributed by atoms with Gasteiger partial charge in [0.2, 0.25) is 11.8 Å². The SMILES string of the molecule is CC(C)CC1NC(=O)CCN(CCCCN(C)C)C1=O. The van der Waals surface area contributed by atoms with Crippen LogP contribution in [0.3, 0.4) is 0 Å². The number of rotatable bonds is 7. The molecule has 5 nitrogen and oxygen atoms in total. The molecule has 1 atom stereocenters. The van der Waals surface area contributed by atoms with E-state index in [1.807, 2.05) is 4.90 Å². The fourth-order valence-electron chi connectivity index (χ4n) is 2.48. The van der Waals surface area contributed by atoms with E-state index in [4.69, 9.17) is 0 Å². The van der Waals surface area contributed by atoms with E-state index in [0.717, 1.165) is 32.4 Å². The van der Waals surface area contributed by atoms with Crippen LogP contribution in [0.1, 0.15) is 39.5 Å². The van der Waals surface area contributed by atoms with Crippen LogP contribution in [0.2, 0.25) is 0 Å². The minimum atomic E-state index is -0.334. The van der Waals surface area contributed by atoms with Gasteiger partial charge in [-0.15, -0.1) is 0 Å². The highest BCUT2D eigenvalue weighted by atomic mass is 16.2. The fourth-order valence-corrected chi connectivity index (χ4v) is 2.48. The molecule has 0 aliphatic carbocycles. The van der Waals surface area contributed by atoms with Crippen LogP contribution in [0.15, 0.2) is 0 Å². The summed E-state index contributed by atoms with van der Waals surface area (Å²) in [6.45, 7) is 6.50. The molecule has 1 heterocycles. The van der Waals surface area contributed by atoms with E-state index in [-0.39, 0.29) is 17.9 Å². The number of hydrogen-bond acceptors (Lipinski definition) is 3. The van der Waals surface area contributed by atoms with Crippen molar-refractivity contribution in [1.29, 1.82) is 0 Å². The third-order valence-corrected chi connectivity index (χ3v) is 3.54. The van der Waals surface area contributed by atoms with Crippen molar-refractivity contribution in [3.05, 3.63) is 0 Å². The molecule has 0 bridgehead atoms. The molecule has 116 valence electrons. The number of carbonyl (C=O) groups excluding carboxylic acids is 2. The first-order chi connectivity index (χ1) is 9.40. The summed E-state index contributed by atoms with van der Waals surface area (Å²) in [5, 5.41) is 2.86. The first-order valence-corrected chi connectivity index (χ1v) is 7.63. The maximum Gasteiger partial charge on any atom is 0.245 e. The van der Waals surface area contributed by atoms with Crippen LogP contribution >= 0.6 is 0 Å². The van der Waals surface area contributed by atoms with Gasteiger partial charge in [-0.25, -0.2) is 0 Å². The van der Waals surface area contributed by atoms with Gasteiger partial charge in [0.15, 0.2) is 0 Å². The van der Waals surface area contributed by atoms with Crippen molar-refractivity contribution in [1.82, 2.24) is 15.1 Å². The summed E-state index contributed by atoms with van der Waals surface area (Å²) >= 11 is 0. The molecule has 1 saturated heterocycles. The second-order valence-electron chi connectivity index (χ2n) is 6.34. The predicted molar refractivity (Wildman–Crippen MR) is 80.4 cm³/mol. The smallest absolute Gasteiger partial charge is 0.245 e. The third-order valence-electron chi connectivity index (χ3n) is 3.54. The van der Waals surface area contributed by atoms with E-state index in [0.29, 0.717) is 18.9 Å². The van der Waals surface area contributed by atoms with Crippen LogP contribution < -0.4 is 5.32 Å². The van der Waals surface area contributed by atoms with E-state index < -0.39 is 0 Å². The lowest BCUT2D eigenvalue weighted by Crippen LogP contribution is -2.45. The summed E-state index contributed by atoms with van der Waals surface area (Å²) in [4.78, 5) is 28.2. The first kappa shape index (κ1) is 17.0. The van der Waals surface area contributed by atoms with Crippen molar-refractivity contribution in [2.45, 2.75) is 45.6 Å². The average Bonchev–Trinajstić information content (AvgIpc) is 2.46. The zero-order valence-electron chi connectivity index (χ0n) is 13.3. The number of unbranched alkanes of at least 4 members (excludes halogenated alkanes) is 1. The molecule has 2 amide bonds. The highest BCUT2D eigenvalue weighted by Crippen LogP contribution is 2.12. The number of carbonyl (C=O) groups is 2. The van der Waals surface area contributed by atoms with Gasteiger partial charge in [0, 0.05) is 19.5 Å². The Bertz CT molecular complexity index is 329. The molecule has 20 heavy (non-hydrogen) atoms. The highest BCUT2D eigenvalue weighted by Gasteiger charge is 2.29. The van der Waals surface area contributed by atoms with Crippen molar-refractivity contribution in [3.8, 4) is 0 Å². The lowest BCUT2D eigenvalue weighted by atomic mass is 10.0. The summed E-state index contributed by atoms with van der Waals surface area (Å²) in [5.41, 5.74) is 0. The molecule has 0 aromatic carbocycles. The van der Waals surface area contributed by atoms with E-state index in [2.05, 4.69) is 38.2 Å². The van der Waals surface area contributed by atoms with Crippen LogP contribution in [0.5, 0.6) is 0 Å². The molecule has 0 radical (unpaired) electrons. The molecule has 1 unspecified atom stereocenters.